The molecule has 3 nitrogen and oxygen atoms in total. The van der Waals surface area contributed by atoms with Gasteiger partial charge in [0, 0.05) is 4.47 Å². The number of hydrogen-bond acceptors (Lipinski definition) is 2. The molecule has 0 saturated heterocycles. The second-order valence-electron chi connectivity index (χ2n) is 4.40. The van der Waals surface area contributed by atoms with Crippen LogP contribution in [-0.2, 0) is 11.2 Å². The summed E-state index contributed by atoms with van der Waals surface area (Å²) in [6, 6.07) is 14.9. The summed E-state index contributed by atoms with van der Waals surface area (Å²) in [7, 11) is 0. The van der Waals surface area contributed by atoms with Gasteiger partial charge in [-0.05, 0) is 23.8 Å². The molecule has 1 amide bonds. The fourth-order valence-electron chi connectivity index (χ4n) is 1.79. The Bertz CT molecular complexity index is 619. The molecule has 110 valence electrons. The molecule has 2 aromatic carbocycles. The minimum Gasteiger partial charge on any atom is -0.490 e. The van der Waals surface area contributed by atoms with Crippen LogP contribution >= 0.6 is 27.5 Å². The molecular weight excluding hydrogens is 354 g/mol. The number of benzene rings is 2. The molecule has 21 heavy (non-hydrogen) atoms. The minimum atomic E-state index is -0.0374. The highest BCUT2D eigenvalue weighted by atomic mass is 79.9. The van der Waals surface area contributed by atoms with Crippen molar-refractivity contribution in [2.24, 2.45) is 0 Å². The van der Waals surface area contributed by atoms with Crippen LogP contribution in [0.4, 0.5) is 0 Å². The van der Waals surface area contributed by atoms with Crippen LogP contribution in [0.15, 0.2) is 53.0 Å². The molecule has 2 aromatic rings. The fraction of sp³-hybridized carbons (Fsp3) is 0.188. The number of carbonyl (C=O) groups excluding carboxylic acids is 1. The molecule has 0 spiro atoms. The van der Waals surface area contributed by atoms with E-state index in [9.17, 15) is 4.79 Å². The molecule has 0 aliphatic heterocycles. The monoisotopic (exact) mass is 367 g/mol. The zero-order valence-electron chi connectivity index (χ0n) is 11.3. The van der Waals surface area contributed by atoms with E-state index in [0.29, 0.717) is 30.3 Å². The largest absolute Gasteiger partial charge is 0.490 e. The summed E-state index contributed by atoms with van der Waals surface area (Å²) in [5.41, 5.74) is 0.960. The van der Waals surface area contributed by atoms with Gasteiger partial charge in [0.25, 0.3) is 0 Å². The number of amides is 1. The van der Waals surface area contributed by atoms with Crippen LogP contribution in [0.25, 0.3) is 0 Å². The second kappa shape index (κ2) is 8.05. The van der Waals surface area contributed by atoms with E-state index in [2.05, 4.69) is 21.2 Å². The lowest BCUT2D eigenvalue weighted by molar-refractivity contribution is -0.120. The average Bonchev–Trinajstić information content (AvgIpc) is 2.48. The summed E-state index contributed by atoms with van der Waals surface area (Å²) < 4.78 is 6.44. The zero-order chi connectivity index (χ0) is 15.1. The van der Waals surface area contributed by atoms with Crippen molar-refractivity contribution in [1.29, 1.82) is 0 Å². The van der Waals surface area contributed by atoms with Crippen molar-refractivity contribution in [1.82, 2.24) is 5.32 Å². The Labute approximate surface area is 137 Å². The molecule has 0 unspecified atom stereocenters. The van der Waals surface area contributed by atoms with Crippen LogP contribution in [0.5, 0.6) is 5.75 Å². The Balaban J connectivity index is 1.73. The van der Waals surface area contributed by atoms with Gasteiger partial charge < -0.3 is 10.1 Å². The van der Waals surface area contributed by atoms with Crippen LogP contribution in [0.1, 0.15) is 5.56 Å². The maximum atomic E-state index is 11.8. The van der Waals surface area contributed by atoms with Crippen molar-refractivity contribution in [2.45, 2.75) is 6.42 Å². The van der Waals surface area contributed by atoms with Gasteiger partial charge in [-0.1, -0.05) is 57.9 Å². The van der Waals surface area contributed by atoms with Crippen molar-refractivity contribution in [2.75, 3.05) is 13.2 Å². The second-order valence-corrected chi connectivity index (χ2v) is 5.66. The van der Waals surface area contributed by atoms with Crippen LogP contribution in [0, 0.1) is 0 Å². The summed E-state index contributed by atoms with van der Waals surface area (Å²) in [5, 5.41) is 3.39. The highest BCUT2D eigenvalue weighted by Crippen LogP contribution is 2.22. The van der Waals surface area contributed by atoms with Gasteiger partial charge in [0.05, 0.1) is 18.0 Å². The van der Waals surface area contributed by atoms with E-state index < -0.39 is 0 Å². The highest BCUT2D eigenvalue weighted by molar-refractivity contribution is 9.10. The predicted octanol–water partition coefficient (Wildman–Crippen LogP) is 3.84. The predicted molar refractivity (Wildman–Crippen MR) is 87.8 cm³/mol. The number of halogens is 2. The lowest BCUT2D eigenvalue weighted by Gasteiger charge is -2.09. The van der Waals surface area contributed by atoms with E-state index in [1.165, 1.54) is 0 Å². The SMILES string of the molecule is O=C(Cc1ccccc1Br)NCCOc1ccccc1Cl. The average molecular weight is 369 g/mol. The molecule has 2 rings (SSSR count). The number of ether oxygens (including phenoxy) is 1. The van der Waals surface area contributed by atoms with Crippen molar-refractivity contribution in [3.05, 3.63) is 63.6 Å². The number of carbonyl (C=O) groups is 1. The van der Waals surface area contributed by atoms with Crippen molar-refractivity contribution >= 4 is 33.4 Å². The number of rotatable bonds is 6. The lowest BCUT2D eigenvalue weighted by Crippen LogP contribution is -2.29. The maximum Gasteiger partial charge on any atom is 0.224 e. The van der Waals surface area contributed by atoms with Gasteiger partial charge in [-0.25, -0.2) is 0 Å². The maximum absolute atomic E-state index is 11.8. The molecule has 0 saturated carbocycles. The molecule has 0 bridgehead atoms. The first-order chi connectivity index (χ1) is 10.2. The summed E-state index contributed by atoms with van der Waals surface area (Å²) in [6.45, 7) is 0.819. The topological polar surface area (TPSA) is 38.3 Å². The zero-order valence-corrected chi connectivity index (χ0v) is 13.7. The summed E-state index contributed by atoms with van der Waals surface area (Å²) in [4.78, 5) is 11.8. The van der Waals surface area contributed by atoms with Crippen LogP contribution in [0.3, 0.4) is 0 Å². The molecule has 0 aromatic heterocycles. The minimum absolute atomic E-state index is 0.0374. The molecule has 0 heterocycles. The highest BCUT2D eigenvalue weighted by Gasteiger charge is 2.06. The van der Waals surface area contributed by atoms with Gasteiger partial charge >= 0.3 is 0 Å². The quantitative estimate of drug-likeness (QED) is 0.787. The molecule has 0 aliphatic rings. The van der Waals surface area contributed by atoms with Gasteiger partial charge in [-0.2, -0.15) is 0 Å². The smallest absolute Gasteiger partial charge is 0.224 e. The Morgan fingerprint density at radius 3 is 2.62 bits per heavy atom. The third-order valence-corrected chi connectivity index (χ3v) is 3.91. The molecule has 5 heteroatoms. The van der Waals surface area contributed by atoms with Crippen molar-refractivity contribution in [3.8, 4) is 5.75 Å². The molecule has 0 aliphatic carbocycles. The van der Waals surface area contributed by atoms with Crippen molar-refractivity contribution in [3.63, 3.8) is 0 Å². The van der Waals surface area contributed by atoms with E-state index in [-0.39, 0.29) is 5.91 Å². The summed E-state index contributed by atoms with van der Waals surface area (Å²) >= 11 is 9.40. The Hall–Kier alpha value is -1.52. The Morgan fingerprint density at radius 1 is 1.14 bits per heavy atom. The summed E-state index contributed by atoms with van der Waals surface area (Å²) in [5.74, 6) is 0.587. The van der Waals surface area contributed by atoms with Crippen LogP contribution in [0.2, 0.25) is 5.02 Å². The van der Waals surface area contributed by atoms with Crippen molar-refractivity contribution < 1.29 is 9.53 Å². The molecule has 0 fully saturated rings. The molecule has 0 radical (unpaired) electrons. The Kier molecular flexibility index (Phi) is 6.08. The van der Waals surface area contributed by atoms with Crippen LogP contribution < -0.4 is 10.1 Å². The Morgan fingerprint density at radius 2 is 1.86 bits per heavy atom. The standard InChI is InChI=1S/C16H15BrClNO2/c17-13-6-2-1-5-12(13)11-16(20)19-9-10-21-15-8-4-3-7-14(15)18/h1-8H,9-11H2,(H,19,20). The van der Waals surface area contributed by atoms with Gasteiger partial charge in [-0.15, -0.1) is 0 Å². The normalized spacial score (nSPS) is 10.2. The first kappa shape index (κ1) is 15.9. The third-order valence-electron chi connectivity index (χ3n) is 2.83. The van der Waals surface area contributed by atoms with E-state index in [4.69, 9.17) is 16.3 Å². The fourth-order valence-corrected chi connectivity index (χ4v) is 2.41. The molecule has 1 N–H and O–H groups in total. The van der Waals surface area contributed by atoms with Gasteiger partial charge in [-0.3, -0.25) is 4.79 Å². The molecular formula is C16H15BrClNO2. The number of hydrogen-bond donors (Lipinski definition) is 1. The van der Waals surface area contributed by atoms with Gasteiger partial charge in [0.2, 0.25) is 5.91 Å². The number of nitrogens with one attached hydrogen (secondary N) is 1. The van der Waals surface area contributed by atoms with E-state index in [1.807, 2.05) is 36.4 Å². The first-order valence-electron chi connectivity index (χ1n) is 6.54. The van der Waals surface area contributed by atoms with E-state index in [0.717, 1.165) is 10.0 Å². The first-order valence-corrected chi connectivity index (χ1v) is 7.71. The number of para-hydroxylation sites is 1. The van der Waals surface area contributed by atoms with Gasteiger partial charge in [0.15, 0.2) is 0 Å². The van der Waals surface area contributed by atoms with E-state index >= 15 is 0 Å². The van der Waals surface area contributed by atoms with Crippen LogP contribution in [-0.4, -0.2) is 19.1 Å². The van der Waals surface area contributed by atoms with E-state index in [1.54, 1.807) is 12.1 Å². The summed E-state index contributed by atoms with van der Waals surface area (Å²) in [6.07, 6.45) is 0.341. The third kappa shape index (κ3) is 5.06. The molecule has 0 atom stereocenters. The van der Waals surface area contributed by atoms with Gasteiger partial charge in [0.1, 0.15) is 12.4 Å². The lowest BCUT2D eigenvalue weighted by atomic mass is 10.1.